The third-order valence-corrected chi connectivity index (χ3v) is 5.36. The summed E-state index contributed by atoms with van der Waals surface area (Å²) < 4.78 is 44.5. The van der Waals surface area contributed by atoms with Crippen LogP contribution in [0.15, 0.2) is 12.4 Å². The van der Waals surface area contributed by atoms with Crippen LogP contribution in [0.3, 0.4) is 0 Å². The summed E-state index contributed by atoms with van der Waals surface area (Å²) >= 11 is 6.11. The van der Waals surface area contributed by atoms with E-state index in [4.69, 9.17) is 16.3 Å². The molecule has 2 aromatic rings. The van der Waals surface area contributed by atoms with Gasteiger partial charge in [0.1, 0.15) is 17.1 Å². The van der Waals surface area contributed by atoms with E-state index in [0.717, 1.165) is 6.20 Å². The zero-order valence-electron chi connectivity index (χ0n) is 18.5. The first kappa shape index (κ1) is 24.7. The summed E-state index contributed by atoms with van der Waals surface area (Å²) in [6.45, 7) is 8.27. The molecule has 0 aliphatic carbocycles. The van der Waals surface area contributed by atoms with E-state index in [-0.39, 0.29) is 5.15 Å². The Balaban J connectivity index is 1.69. The molecule has 2 aromatic heterocycles. The summed E-state index contributed by atoms with van der Waals surface area (Å²) in [5, 5.41) is 7.67. The lowest BCUT2D eigenvalue weighted by Crippen LogP contribution is -2.54. The number of nitrogens with zero attached hydrogens (tertiary/aromatic N) is 4. The van der Waals surface area contributed by atoms with Crippen LogP contribution in [0.5, 0.6) is 0 Å². The molecule has 13 heteroatoms. The molecule has 0 radical (unpaired) electrons. The fourth-order valence-corrected chi connectivity index (χ4v) is 3.59. The summed E-state index contributed by atoms with van der Waals surface area (Å²) in [4.78, 5) is 34.7. The number of alkyl halides is 3. The minimum atomic E-state index is -4.78. The van der Waals surface area contributed by atoms with Gasteiger partial charge in [-0.15, -0.1) is 0 Å². The van der Waals surface area contributed by atoms with E-state index in [1.165, 1.54) is 6.20 Å². The van der Waals surface area contributed by atoms with E-state index in [2.05, 4.69) is 20.4 Å². The molecule has 1 saturated heterocycles. The highest BCUT2D eigenvalue weighted by atomic mass is 35.5. The van der Waals surface area contributed by atoms with Crippen molar-refractivity contribution >= 4 is 29.3 Å². The van der Waals surface area contributed by atoms with E-state index >= 15 is 0 Å². The third-order valence-electron chi connectivity index (χ3n) is 5.09. The van der Waals surface area contributed by atoms with Crippen molar-refractivity contribution in [3.63, 3.8) is 0 Å². The van der Waals surface area contributed by atoms with Gasteiger partial charge in [0.05, 0.1) is 18.0 Å². The molecule has 3 rings (SSSR count). The van der Waals surface area contributed by atoms with Crippen LogP contribution in [-0.4, -0.2) is 56.3 Å². The average molecular weight is 489 g/mol. The van der Waals surface area contributed by atoms with Crippen LogP contribution in [0.25, 0.3) is 0 Å². The van der Waals surface area contributed by atoms with Crippen molar-refractivity contribution in [2.45, 2.75) is 57.9 Å². The van der Waals surface area contributed by atoms with Crippen molar-refractivity contribution in [1.29, 1.82) is 0 Å². The first-order valence-electron chi connectivity index (χ1n) is 10.1. The van der Waals surface area contributed by atoms with Gasteiger partial charge in [-0.1, -0.05) is 11.6 Å². The molecule has 0 saturated carbocycles. The van der Waals surface area contributed by atoms with Gasteiger partial charge in [0.25, 0.3) is 0 Å². The predicted octanol–water partition coefficient (Wildman–Crippen LogP) is 3.99. The second-order valence-corrected chi connectivity index (χ2v) is 9.39. The van der Waals surface area contributed by atoms with E-state index in [1.807, 2.05) is 11.8 Å². The van der Waals surface area contributed by atoms with Gasteiger partial charge in [0.15, 0.2) is 10.8 Å². The molecule has 0 aromatic carbocycles. The minimum absolute atomic E-state index is 0.313. The Hall–Kier alpha value is -2.89. The van der Waals surface area contributed by atoms with Crippen LogP contribution in [-0.2, 0) is 10.9 Å². The molecule has 33 heavy (non-hydrogen) atoms. The Morgan fingerprint density at radius 2 is 1.85 bits per heavy atom. The predicted molar refractivity (Wildman–Crippen MR) is 113 cm³/mol. The van der Waals surface area contributed by atoms with Crippen molar-refractivity contribution in [1.82, 2.24) is 25.5 Å². The van der Waals surface area contributed by atoms with Gasteiger partial charge in [0, 0.05) is 18.6 Å². The molecule has 0 bridgehead atoms. The van der Waals surface area contributed by atoms with E-state index in [0.29, 0.717) is 31.7 Å². The molecule has 3 heterocycles. The molecule has 1 aliphatic rings. The topological polar surface area (TPSA) is 113 Å². The minimum Gasteiger partial charge on any atom is -0.444 e. The van der Waals surface area contributed by atoms with Gasteiger partial charge in [-0.25, -0.2) is 14.8 Å². The number of piperidine rings is 1. The first-order valence-corrected chi connectivity index (χ1v) is 10.5. The number of ether oxygens (including phenoxy) is 1. The maximum absolute atomic E-state index is 13.1. The van der Waals surface area contributed by atoms with Gasteiger partial charge >= 0.3 is 12.3 Å². The molecule has 2 N–H and O–H groups in total. The number of hydrogen-bond donors (Lipinski definition) is 2. The molecule has 0 unspecified atom stereocenters. The number of anilines is 1. The zero-order valence-corrected chi connectivity index (χ0v) is 19.3. The number of amides is 1. The van der Waals surface area contributed by atoms with Crippen molar-refractivity contribution in [3.05, 3.63) is 34.5 Å². The lowest BCUT2D eigenvalue weighted by Gasteiger charge is -2.40. The number of halogens is 4. The third kappa shape index (κ3) is 5.92. The summed E-state index contributed by atoms with van der Waals surface area (Å²) in [6.07, 6.45) is -2.06. The summed E-state index contributed by atoms with van der Waals surface area (Å²) in [6, 6.07) is 0. The summed E-state index contributed by atoms with van der Waals surface area (Å²) in [7, 11) is 0. The highest BCUT2D eigenvalue weighted by Crippen LogP contribution is 2.32. The van der Waals surface area contributed by atoms with Crippen LogP contribution in [0, 0.1) is 0 Å². The van der Waals surface area contributed by atoms with Gasteiger partial charge in [-0.05, 0) is 40.5 Å². The van der Waals surface area contributed by atoms with Crippen LogP contribution < -0.4 is 10.2 Å². The van der Waals surface area contributed by atoms with Gasteiger partial charge in [-0.3, -0.25) is 9.89 Å². The van der Waals surface area contributed by atoms with Crippen molar-refractivity contribution in [2.75, 3.05) is 18.0 Å². The lowest BCUT2D eigenvalue weighted by atomic mass is 9.90. The Morgan fingerprint density at radius 3 is 2.39 bits per heavy atom. The van der Waals surface area contributed by atoms with Gasteiger partial charge in [-0.2, -0.15) is 18.3 Å². The molecular weight excluding hydrogens is 465 g/mol. The van der Waals surface area contributed by atoms with Crippen LogP contribution in [0.4, 0.5) is 23.8 Å². The number of hydrogen-bond acceptors (Lipinski definition) is 7. The number of carbonyl (C=O) groups excluding carboxylic acids is 2. The standard InChI is InChI=1S/C20H24ClF3N6O3/c1-18(2,3)33-17(32)28-19(4)5-7-30(8-6-19)12-10-25-13(16(21)27-12)14(31)11-9-26-29-15(11)20(22,23)24/h9-10H,5-8H2,1-4H3,(H,26,29)(H,28,32). The number of carbonyl (C=O) groups is 2. The number of rotatable bonds is 4. The van der Waals surface area contributed by atoms with Crippen LogP contribution in [0.2, 0.25) is 5.15 Å². The molecule has 0 atom stereocenters. The molecule has 1 fully saturated rings. The molecule has 1 aliphatic heterocycles. The van der Waals surface area contributed by atoms with Gasteiger partial charge < -0.3 is 15.0 Å². The smallest absolute Gasteiger partial charge is 0.433 e. The highest BCUT2D eigenvalue weighted by Gasteiger charge is 2.39. The Kier molecular flexibility index (Phi) is 6.60. The molecule has 9 nitrogen and oxygen atoms in total. The van der Waals surface area contributed by atoms with Crippen LogP contribution >= 0.6 is 11.6 Å². The Morgan fingerprint density at radius 1 is 1.21 bits per heavy atom. The second-order valence-electron chi connectivity index (χ2n) is 9.03. The number of aromatic nitrogens is 4. The fraction of sp³-hybridized carbons (Fsp3) is 0.550. The van der Waals surface area contributed by atoms with E-state index in [9.17, 15) is 22.8 Å². The number of ketones is 1. The molecule has 1 amide bonds. The quantitative estimate of drug-likeness (QED) is 0.625. The molecular formula is C20H24ClF3N6O3. The van der Waals surface area contributed by atoms with Gasteiger partial charge in [0.2, 0.25) is 5.78 Å². The monoisotopic (exact) mass is 488 g/mol. The molecule has 0 spiro atoms. The fourth-order valence-electron chi connectivity index (χ4n) is 3.37. The second kappa shape index (κ2) is 8.81. The van der Waals surface area contributed by atoms with Crippen molar-refractivity contribution < 1.29 is 27.5 Å². The zero-order chi connectivity index (χ0) is 24.6. The van der Waals surface area contributed by atoms with Crippen LogP contribution in [0.1, 0.15) is 62.3 Å². The number of alkyl carbamates (subject to hydrolysis) is 1. The lowest BCUT2D eigenvalue weighted by molar-refractivity contribution is -0.141. The first-order chi connectivity index (χ1) is 15.2. The SMILES string of the molecule is CC1(NC(=O)OC(C)(C)C)CCN(c2cnc(C(=O)c3cn[nH]c3C(F)(F)F)c(Cl)n2)CC1. The normalized spacial score (nSPS) is 16.4. The summed E-state index contributed by atoms with van der Waals surface area (Å²) in [5.41, 5.74) is -3.46. The summed E-state index contributed by atoms with van der Waals surface area (Å²) in [5.74, 6) is -0.660. The average Bonchev–Trinajstić information content (AvgIpc) is 3.16. The largest absolute Gasteiger partial charge is 0.444 e. The number of aromatic amines is 1. The number of nitrogens with one attached hydrogen (secondary N) is 2. The van der Waals surface area contributed by atoms with E-state index < -0.39 is 46.1 Å². The molecule has 180 valence electrons. The van der Waals surface area contributed by atoms with E-state index in [1.54, 1.807) is 25.9 Å². The maximum atomic E-state index is 13.1. The van der Waals surface area contributed by atoms with Crippen molar-refractivity contribution in [2.24, 2.45) is 0 Å². The Labute approximate surface area is 193 Å². The van der Waals surface area contributed by atoms with Crippen molar-refractivity contribution in [3.8, 4) is 0 Å². The maximum Gasteiger partial charge on any atom is 0.433 e. The number of H-pyrrole nitrogens is 1. The Bertz CT molecular complexity index is 1040. The highest BCUT2D eigenvalue weighted by molar-refractivity contribution is 6.33.